The highest BCUT2D eigenvalue weighted by atomic mass is 32.1. The van der Waals surface area contributed by atoms with E-state index in [0.717, 1.165) is 5.56 Å². The van der Waals surface area contributed by atoms with Gasteiger partial charge in [-0.15, -0.1) is 11.3 Å². The highest BCUT2D eigenvalue weighted by Gasteiger charge is 2.21. The first-order valence-corrected chi connectivity index (χ1v) is 13.8. The van der Waals surface area contributed by atoms with E-state index in [0.29, 0.717) is 53.1 Å². The van der Waals surface area contributed by atoms with Crippen LogP contribution in [0.5, 0.6) is 17.2 Å². The lowest BCUT2D eigenvalue weighted by atomic mass is 10.1. The average Bonchev–Trinajstić information content (AvgIpc) is 3.37. The van der Waals surface area contributed by atoms with Gasteiger partial charge >= 0.3 is 0 Å². The van der Waals surface area contributed by atoms with Crippen LogP contribution in [-0.2, 0) is 22.4 Å². The van der Waals surface area contributed by atoms with E-state index in [4.69, 9.17) is 14.2 Å². The third-order valence-electron chi connectivity index (χ3n) is 5.87. The molecule has 0 fully saturated rings. The first-order valence-electron chi connectivity index (χ1n) is 12.9. The number of thiazole rings is 1. The van der Waals surface area contributed by atoms with Crippen LogP contribution in [0.3, 0.4) is 0 Å². The molecule has 3 aromatic rings. The van der Waals surface area contributed by atoms with Gasteiger partial charge in [0.05, 0.1) is 33.4 Å². The van der Waals surface area contributed by atoms with Gasteiger partial charge in [0.1, 0.15) is 12.3 Å². The highest BCUT2D eigenvalue weighted by molar-refractivity contribution is 7.13. The summed E-state index contributed by atoms with van der Waals surface area (Å²) in [6.45, 7) is 4.73. The number of amides is 3. The molecule has 3 amide bonds. The van der Waals surface area contributed by atoms with Crippen molar-refractivity contribution in [1.29, 1.82) is 0 Å². The lowest BCUT2D eigenvalue weighted by Crippen LogP contribution is -2.40. The third kappa shape index (κ3) is 8.98. The molecule has 1 heterocycles. The zero-order valence-electron chi connectivity index (χ0n) is 23.5. The molecule has 2 aromatic carbocycles. The Morgan fingerprint density at radius 1 is 0.950 bits per heavy atom. The van der Waals surface area contributed by atoms with Crippen molar-refractivity contribution in [1.82, 2.24) is 15.2 Å². The lowest BCUT2D eigenvalue weighted by molar-refractivity contribution is -0.120. The monoisotopic (exact) mass is 568 g/mol. The van der Waals surface area contributed by atoms with Crippen LogP contribution in [0.15, 0.2) is 47.8 Å². The van der Waals surface area contributed by atoms with Crippen LogP contribution in [0.2, 0.25) is 0 Å². The Morgan fingerprint density at radius 3 is 2.33 bits per heavy atom. The van der Waals surface area contributed by atoms with Crippen LogP contribution < -0.4 is 24.8 Å². The zero-order valence-corrected chi connectivity index (χ0v) is 24.3. The van der Waals surface area contributed by atoms with Crippen molar-refractivity contribution in [2.45, 2.75) is 26.7 Å². The number of methoxy groups -OCH3 is 3. The van der Waals surface area contributed by atoms with Crippen LogP contribution in [0.4, 0.5) is 5.13 Å². The molecule has 0 bridgehead atoms. The van der Waals surface area contributed by atoms with E-state index in [1.165, 1.54) is 16.2 Å². The second kappa shape index (κ2) is 14.9. The van der Waals surface area contributed by atoms with Gasteiger partial charge in [0.2, 0.25) is 11.8 Å². The number of aromatic nitrogens is 1. The summed E-state index contributed by atoms with van der Waals surface area (Å²) in [5.74, 6) is 1.34. The normalized spacial score (nSPS) is 10.7. The SMILES string of the molecule is COc1ccc(C(=O)N(CC(=O)Nc2nc(CC(=O)NCCc3ccc(OC)c(OC)c3)cs2)CC(C)C)cc1. The summed E-state index contributed by atoms with van der Waals surface area (Å²) in [6.07, 6.45) is 0.723. The molecular weight excluding hydrogens is 532 g/mol. The molecule has 0 saturated heterocycles. The molecule has 0 radical (unpaired) electrons. The van der Waals surface area contributed by atoms with Crippen LogP contribution in [0.25, 0.3) is 0 Å². The maximum Gasteiger partial charge on any atom is 0.254 e. The molecule has 40 heavy (non-hydrogen) atoms. The first kappa shape index (κ1) is 30.4. The fourth-order valence-corrected chi connectivity index (χ4v) is 4.69. The fraction of sp³-hybridized carbons (Fsp3) is 0.379. The first-order chi connectivity index (χ1) is 19.2. The van der Waals surface area contributed by atoms with E-state index >= 15 is 0 Å². The molecule has 0 saturated carbocycles. The van der Waals surface area contributed by atoms with Crippen molar-refractivity contribution in [2.75, 3.05) is 46.3 Å². The molecule has 3 rings (SSSR count). The molecular formula is C29H36N4O6S. The summed E-state index contributed by atoms with van der Waals surface area (Å²) in [5, 5.41) is 7.75. The second-order valence-electron chi connectivity index (χ2n) is 9.47. The molecule has 10 nitrogen and oxygen atoms in total. The molecule has 11 heteroatoms. The van der Waals surface area contributed by atoms with Gasteiger partial charge in [-0.2, -0.15) is 0 Å². The molecule has 0 aliphatic rings. The van der Waals surface area contributed by atoms with Gasteiger partial charge in [-0.05, 0) is 54.3 Å². The summed E-state index contributed by atoms with van der Waals surface area (Å²) in [7, 11) is 4.72. The maximum absolute atomic E-state index is 13.1. The van der Waals surface area contributed by atoms with Gasteiger partial charge in [0, 0.05) is 24.0 Å². The van der Waals surface area contributed by atoms with E-state index in [9.17, 15) is 14.4 Å². The maximum atomic E-state index is 13.1. The Kier molecular flexibility index (Phi) is 11.3. The number of anilines is 1. The Hall–Kier alpha value is -4.12. The topological polar surface area (TPSA) is 119 Å². The molecule has 0 aliphatic heterocycles. The standard InChI is InChI=1S/C29H36N4O6S/c1-19(2)16-33(28(36)21-7-9-23(37-3)10-8-21)17-27(35)32-29-31-22(18-40-29)15-26(34)30-13-12-20-6-11-24(38-4)25(14-20)39-5/h6-11,14,18-19H,12-13,15-17H2,1-5H3,(H,30,34)(H,31,32,35). The smallest absolute Gasteiger partial charge is 0.254 e. The number of benzene rings is 2. The number of hydrogen-bond acceptors (Lipinski definition) is 8. The third-order valence-corrected chi connectivity index (χ3v) is 6.67. The number of nitrogens with one attached hydrogen (secondary N) is 2. The Balaban J connectivity index is 1.50. The molecule has 0 aliphatic carbocycles. The predicted molar refractivity (Wildman–Crippen MR) is 154 cm³/mol. The molecule has 1 aromatic heterocycles. The molecule has 0 spiro atoms. The van der Waals surface area contributed by atoms with E-state index in [-0.39, 0.29) is 36.6 Å². The summed E-state index contributed by atoms with van der Waals surface area (Å²) < 4.78 is 15.7. The van der Waals surface area contributed by atoms with Gasteiger partial charge in [-0.25, -0.2) is 4.98 Å². The van der Waals surface area contributed by atoms with Crippen molar-refractivity contribution in [3.8, 4) is 17.2 Å². The van der Waals surface area contributed by atoms with Crippen molar-refractivity contribution in [2.24, 2.45) is 5.92 Å². The number of hydrogen-bond donors (Lipinski definition) is 2. The summed E-state index contributed by atoms with van der Waals surface area (Å²) >= 11 is 1.23. The number of nitrogens with zero attached hydrogens (tertiary/aromatic N) is 2. The predicted octanol–water partition coefficient (Wildman–Crippen LogP) is 3.81. The summed E-state index contributed by atoms with van der Waals surface area (Å²) in [4.78, 5) is 44.2. The van der Waals surface area contributed by atoms with Crippen LogP contribution >= 0.6 is 11.3 Å². The number of ether oxygens (including phenoxy) is 3. The van der Waals surface area contributed by atoms with Gasteiger partial charge in [0.25, 0.3) is 5.91 Å². The van der Waals surface area contributed by atoms with E-state index in [1.807, 2.05) is 32.0 Å². The van der Waals surface area contributed by atoms with Crippen LogP contribution in [-0.4, -0.2) is 68.6 Å². The number of carbonyl (C=O) groups is 3. The van der Waals surface area contributed by atoms with Crippen molar-refractivity contribution in [3.05, 3.63) is 64.7 Å². The fourth-order valence-electron chi connectivity index (χ4n) is 3.96. The minimum absolute atomic E-state index is 0.0910. The number of carbonyl (C=O) groups excluding carboxylic acids is 3. The molecule has 2 N–H and O–H groups in total. The van der Waals surface area contributed by atoms with E-state index in [1.54, 1.807) is 51.0 Å². The zero-order chi connectivity index (χ0) is 29.1. The van der Waals surface area contributed by atoms with E-state index < -0.39 is 0 Å². The van der Waals surface area contributed by atoms with Gasteiger partial charge < -0.3 is 29.7 Å². The van der Waals surface area contributed by atoms with E-state index in [2.05, 4.69) is 15.6 Å². The lowest BCUT2D eigenvalue weighted by Gasteiger charge is -2.24. The van der Waals surface area contributed by atoms with Gasteiger partial charge in [-0.3, -0.25) is 14.4 Å². The van der Waals surface area contributed by atoms with Crippen LogP contribution in [0, 0.1) is 5.92 Å². The van der Waals surface area contributed by atoms with Crippen molar-refractivity contribution < 1.29 is 28.6 Å². The largest absolute Gasteiger partial charge is 0.497 e. The van der Waals surface area contributed by atoms with Gasteiger partial charge in [0.15, 0.2) is 16.6 Å². The van der Waals surface area contributed by atoms with Crippen molar-refractivity contribution in [3.63, 3.8) is 0 Å². The molecule has 214 valence electrons. The van der Waals surface area contributed by atoms with Crippen molar-refractivity contribution >= 4 is 34.2 Å². The Morgan fingerprint density at radius 2 is 1.68 bits per heavy atom. The summed E-state index contributed by atoms with van der Waals surface area (Å²) in [6, 6.07) is 12.4. The quantitative estimate of drug-likeness (QED) is 0.304. The highest BCUT2D eigenvalue weighted by Crippen LogP contribution is 2.27. The second-order valence-corrected chi connectivity index (χ2v) is 10.3. The van der Waals surface area contributed by atoms with Gasteiger partial charge in [-0.1, -0.05) is 19.9 Å². The Labute approximate surface area is 238 Å². The minimum atomic E-state index is -0.359. The number of rotatable bonds is 14. The minimum Gasteiger partial charge on any atom is -0.497 e. The summed E-state index contributed by atoms with van der Waals surface area (Å²) in [5.41, 5.74) is 2.04. The Bertz CT molecular complexity index is 1290. The molecule has 0 unspecified atom stereocenters. The van der Waals surface area contributed by atoms with Crippen LogP contribution in [0.1, 0.15) is 35.5 Å². The molecule has 0 atom stereocenters. The average molecular weight is 569 g/mol.